The SMILES string of the molecule is Brc1ccc(-c2nc3ccc(-c4ccc5nc(C6CCC(Br)CC6)c(-c6ccc(Br)cc6)nc5c4)cc3nc2-c2ccc(Br)cc2)cc1.Nc1ccc(-c2ccc(N)c(N)c2)cc1N.O=C(C(=O)c1ccc(Br)cc1)c1ccc(Br)cc1. The second-order valence-corrected chi connectivity index (χ2v) is 25.5. The molecule has 0 atom stereocenters. The first-order valence-electron chi connectivity index (χ1n) is 26.0. The second-order valence-electron chi connectivity index (χ2n) is 19.6. The summed E-state index contributed by atoms with van der Waals surface area (Å²) < 4.78 is 4.84. The van der Waals surface area contributed by atoms with E-state index in [1.165, 1.54) is 0 Å². The molecule has 0 radical (unpaired) electrons. The largest absolute Gasteiger partial charge is 0.397 e. The zero-order valence-corrected chi connectivity index (χ0v) is 53.2. The van der Waals surface area contributed by atoms with Crippen LogP contribution >= 0.6 is 95.6 Å². The van der Waals surface area contributed by atoms with Gasteiger partial charge < -0.3 is 22.9 Å². The molecule has 408 valence electrons. The third kappa shape index (κ3) is 13.9. The first kappa shape index (κ1) is 58.3. The van der Waals surface area contributed by atoms with Crippen molar-refractivity contribution in [3.8, 4) is 56.0 Å². The summed E-state index contributed by atoms with van der Waals surface area (Å²) in [5, 5.41) is 0. The highest BCUT2D eigenvalue weighted by Crippen LogP contribution is 2.41. The molecule has 2 heterocycles. The summed E-state index contributed by atoms with van der Waals surface area (Å²) in [6, 6.07) is 62.1. The van der Waals surface area contributed by atoms with E-state index in [0.717, 1.165) is 132 Å². The van der Waals surface area contributed by atoms with Crippen LogP contribution in [0.3, 0.4) is 0 Å². The van der Waals surface area contributed by atoms with Crippen LogP contribution < -0.4 is 22.9 Å². The van der Waals surface area contributed by atoms with Gasteiger partial charge in [0.2, 0.25) is 11.6 Å². The maximum Gasteiger partial charge on any atom is 0.233 e. The van der Waals surface area contributed by atoms with E-state index in [9.17, 15) is 9.59 Å². The maximum absolute atomic E-state index is 12.0. The lowest BCUT2D eigenvalue weighted by atomic mass is 9.85. The molecule has 9 aromatic carbocycles. The Morgan fingerprint density at radius 2 is 0.634 bits per heavy atom. The average molecular weight is 1470 g/mol. The molecule has 1 aliphatic rings. The van der Waals surface area contributed by atoms with Crippen molar-refractivity contribution in [3.05, 3.63) is 233 Å². The summed E-state index contributed by atoms with van der Waals surface area (Å²) in [6.07, 6.45) is 4.54. The molecule has 16 heteroatoms. The normalized spacial score (nSPS) is 13.8. The third-order valence-electron chi connectivity index (χ3n) is 14.0. The molecule has 1 saturated carbocycles. The number of benzene rings is 9. The lowest BCUT2D eigenvalue weighted by molar-refractivity contribution is 0.0817. The summed E-state index contributed by atoms with van der Waals surface area (Å²) in [5.41, 5.74) is 40.3. The van der Waals surface area contributed by atoms with E-state index in [1.807, 2.05) is 48.5 Å². The molecule has 8 N–H and O–H groups in total. The Morgan fingerprint density at radius 3 is 1.02 bits per heavy atom. The first-order valence-corrected chi connectivity index (χ1v) is 30.9. The zero-order valence-electron chi connectivity index (χ0n) is 43.6. The van der Waals surface area contributed by atoms with Crippen molar-refractivity contribution in [1.29, 1.82) is 0 Å². The fraction of sp³-hybridized carbons (Fsp3) is 0.0909. The molecule has 0 amide bonds. The Labute approximate surface area is 525 Å². The Hall–Kier alpha value is -6.92. The summed E-state index contributed by atoms with van der Waals surface area (Å²) in [7, 11) is 0. The highest BCUT2D eigenvalue weighted by molar-refractivity contribution is 9.11. The van der Waals surface area contributed by atoms with Gasteiger partial charge in [-0.3, -0.25) is 9.59 Å². The highest BCUT2D eigenvalue weighted by Gasteiger charge is 2.26. The minimum absolute atomic E-state index is 0.395. The van der Waals surface area contributed by atoms with Gasteiger partial charge in [0.25, 0.3) is 0 Å². The van der Waals surface area contributed by atoms with E-state index in [0.29, 0.717) is 44.6 Å². The van der Waals surface area contributed by atoms with Crippen LogP contribution in [-0.2, 0) is 0 Å². The number of hydrogen-bond donors (Lipinski definition) is 4. The number of alkyl halides is 1. The van der Waals surface area contributed by atoms with E-state index >= 15 is 0 Å². The molecular formula is C66H50Br6N8O2. The van der Waals surface area contributed by atoms with Gasteiger partial charge in [-0.15, -0.1) is 0 Å². The van der Waals surface area contributed by atoms with Crippen LogP contribution in [0.1, 0.15) is 58.0 Å². The molecule has 11 aromatic rings. The predicted molar refractivity (Wildman–Crippen MR) is 358 cm³/mol. The number of rotatable bonds is 9. The van der Waals surface area contributed by atoms with Gasteiger partial charge in [-0.05, 0) is 181 Å². The van der Waals surface area contributed by atoms with E-state index in [2.05, 4.69) is 181 Å². The Balaban J connectivity index is 0.000000180. The van der Waals surface area contributed by atoms with Gasteiger partial charge in [-0.1, -0.05) is 156 Å². The van der Waals surface area contributed by atoms with Crippen molar-refractivity contribution in [1.82, 2.24) is 19.9 Å². The van der Waals surface area contributed by atoms with Gasteiger partial charge in [-0.25, -0.2) is 19.9 Å². The molecule has 0 aliphatic heterocycles. The van der Waals surface area contributed by atoms with Crippen molar-refractivity contribution < 1.29 is 9.59 Å². The fourth-order valence-corrected chi connectivity index (χ4v) is 11.4. The Bertz CT molecular complexity index is 4040. The van der Waals surface area contributed by atoms with Crippen molar-refractivity contribution in [2.75, 3.05) is 22.9 Å². The minimum Gasteiger partial charge on any atom is -0.397 e. The smallest absolute Gasteiger partial charge is 0.233 e. The zero-order chi connectivity index (χ0) is 57.6. The van der Waals surface area contributed by atoms with Gasteiger partial charge in [0, 0.05) is 60.9 Å². The molecule has 10 nitrogen and oxygen atoms in total. The molecular weight excluding hydrogens is 1420 g/mol. The van der Waals surface area contributed by atoms with Gasteiger partial charge in [-0.2, -0.15) is 0 Å². The molecule has 0 bridgehead atoms. The third-order valence-corrected chi connectivity index (χ3v) is 17.6. The van der Waals surface area contributed by atoms with Gasteiger partial charge in [0.05, 0.1) is 67.6 Å². The molecule has 0 spiro atoms. The maximum atomic E-state index is 12.0. The van der Waals surface area contributed by atoms with Gasteiger partial charge in [0.1, 0.15) is 0 Å². The number of ketones is 2. The summed E-state index contributed by atoms with van der Waals surface area (Å²) >= 11 is 21.1. The van der Waals surface area contributed by atoms with Crippen molar-refractivity contribution in [2.24, 2.45) is 0 Å². The number of carbonyl (C=O) groups excluding carboxylic acids is 2. The number of halogens is 6. The number of carbonyl (C=O) groups is 2. The number of nitrogen functional groups attached to an aromatic ring is 4. The quantitative estimate of drug-likeness (QED) is 0.0468. The highest BCUT2D eigenvalue weighted by atomic mass is 79.9. The molecule has 12 rings (SSSR count). The second kappa shape index (κ2) is 26.1. The van der Waals surface area contributed by atoms with Crippen LogP contribution in [0.4, 0.5) is 22.7 Å². The molecule has 2 aromatic heterocycles. The number of nitrogens with two attached hydrogens (primary N) is 4. The number of Topliss-reactive ketones (excluding diaryl/α,β-unsaturated/α-hetero) is 2. The number of fused-ring (bicyclic) bond motifs is 2. The van der Waals surface area contributed by atoms with Crippen LogP contribution in [0.2, 0.25) is 0 Å². The number of anilines is 4. The summed E-state index contributed by atoms with van der Waals surface area (Å²) in [5.74, 6) is -0.593. The van der Waals surface area contributed by atoms with Crippen LogP contribution in [0, 0.1) is 0 Å². The Kier molecular flexibility index (Phi) is 18.6. The minimum atomic E-state index is -0.496. The van der Waals surface area contributed by atoms with E-state index in [-0.39, 0.29) is 0 Å². The summed E-state index contributed by atoms with van der Waals surface area (Å²) in [4.78, 5) is 45.5. The summed E-state index contributed by atoms with van der Waals surface area (Å²) in [6.45, 7) is 0. The first-order chi connectivity index (χ1) is 39.5. The molecule has 1 fully saturated rings. The van der Waals surface area contributed by atoms with Crippen molar-refractivity contribution in [3.63, 3.8) is 0 Å². The number of nitrogens with zero attached hydrogens (tertiary/aromatic N) is 4. The van der Waals surface area contributed by atoms with Gasteiger partial charge >= 0.3 is 0 Å². The molecule has 0 unspecified atom stereocenters. The van der Waals surface area contributed by atoms with Crippen LogP contribution in [0.25, 0.3) is 78.1 Å². The fourth-order valence-electron chi connectivity index (χ4n) is 9.50. The van der Waals surface area contributed by atoms with Crippen LogP contribution in [-0.4, -0.2) is 36.3 Å². The Morgan fingerprint density at radius 1 is 0.329 bits per heavy atom. The van der Waals surface area contributed by atoms with Gasteiger partial charge in [0.15, 0.2) is 0 Å². The number of aromatic nitrogens is 4. The van der Waals surface area contributed by atoms with Crippen LogP contribution in [0.5, 0.6) is 0 Å². The predicted octanol–water partition coefficient (Wildman–Crippen LogP) is 18.9. The lowest BCUT2D eigenvalue weighted by Gasteiger charge is -2.26. The van der Waals surface area contributed by atoms with E-state index < -0.39 is 11.6 Å². The topological polar surface area (TPSA) is 190 Å². The molecule has 82 heavy (non-hydrogen) atoms. The van der Waals surface area contributed by atoms with Crippen LogP contribution in [0.15, 0.2) is 216 Å². The van der Waals surface area contributed by atoms with Crippen molar-refractivity contribution >= 4 is 152 Å². The lowest BCUT2D eigenvalue weighted by Crippen LogP contribution is -2.15. The molecule has 0 saturated heterocycles. The monoisotopic (exact) mass is 1460 g/mol. The van der Waals surface area contributed by atoms with Crippen molar-refractivity contribution in [2.45, 2.75) is 36.4 Å². The standard InChI is InChI=1S/C40H28Br4N4.C14H8Br2O2.C12H14N4/c41-29-11-1-23(2-12-29)37-39(25-5-15-31(43)16-6-25)47-35-21-27(9-19-33(35)45-37)28-10-20-34-36(22-28)48-40(26-7-17-32(44)18-8-26)38(46-34)24-3-13-30(42)14-4-24;15-11-5-1-9(2-6-11)13(17)14(18)10-3-7-12(16)8-4-10;13-9-3-1-7(5-11(9)15)8-2-4-10(14)12(16)6-8/h1-2,5-12,15-22,24,30H,3-4,13-14H2;1-8H;1-6H,13-16H2. The molecule has 1 aliphatic carbocycles. The van der Waals surface area contributed by atoms with E-state index in [4.69, 9.17) is 42.9 Å². The number of hydrogen-bond acceptors (Lipinski definition) is 10. The average Bonchev–Trinajstić information content (AvgIpc) is 3.68. The van der Waals surface area contributed by atoms with E-state index in [1.54, 1.807) is 60.7 Å².